The quantitative estimate of drug-likeness (QED) is 0.693. The first-order valence-corrected chi connectivity index (χ1v) is 8.59. The number of rotatable bonds is 8. The lowest BCUT2D eigenvalue weighted by molar-refractivity contribution is 0.0697. The van der Waals surface area contributed by atoms with Gasteiger partial charge in [0.25, 0.3) is 10.0 Å². The molecule has 2 aromatic carbocycles. The van der Waals surface area contributed by atoms with Crippen molar-refractivity contribution in [3.05, 3.63) is 53.8 Å². The van der Waals surface area contributed by atoms with Gasteiger partial charge in [-0.25, -0.2) is 17.6 Å². The van der Waals surface area contributed by atoms with Crippen molar-refractivity contribution in [2.24, 2.45) is 0 Å². The van der Waals surface area contributed by atoms with Gasteiger partial charge in [0.15, 0.2) is 0 Å². The molecule has 0 unspecified atom stereocenters. The Hall–Kier alpha value is -2.65. The number of anilines is 1. The van der Waals surface area contributed by atoms with Crippen LogP contribution >= 0.6 is 0 Å². The van der Waals surface area contributed by atoms with Gasteiger partial charge in [0.05, 0.1) is 22.8 Å². The molecule has 2 aromatic rings. The first-order chi connectivity index (χ1) is 11.8. The van der Waals surface area contributed by atoms with E-state index in [1.807, 2.05) is 4.72 Å². The second-order valence-corrected chi connectivity index (χ2v) is 6.60. The van der Waals surface area contributed by atoms with E-state index < -0.39 is 27.5 Å². The second-order valence-electron chi connectivity index (χ2n) is 4.92. The zero-order valence-electron chi connectivity index (χ0n) is 13.2. The zero-order chi connectivity index (χ0) is 18.4. The fraction of sp³-hybridized carbons (Fsp3) is 0.188. The van der Waals surface area contributed by atoms with Crippen LogP contribution in [0.1, 0.15) is 10.4 Å². The Bertz CT molecular complexity index is 851. The minimum Gasteiger partial charge on any atom is -0.491 e. The van der Waals surface area contributed by atoms with Gasteiger partial charge in [-0.05, 0) is 42.5 Å². The monoisotopic (exact) mass is 369 g/mol. The molecule has 25 heavy (non-hydrogen) atoms. The van der Waals surface area contributed by atoms with E-state index in [2.05, 4.69) is 0 Å². The maximum Gasteiger partial charge on any atom is 0.335 e. The number of carboxylic acids is 1. The second kappa shape index (κ2) is 7.95. The topological polar surface area (TPSA) is 102 Å². The molecular weight excluding hydrogens is 353 g/mol. The summed E-state index contributed by atoms with van der Waals surface area (Å²) in [6, 6.07) is 8.34. The fourth-order valence-electron chi connectivity index (χ4n) is 1.90. The van der Waals surface area contributed by atoms with Crippen LogP contribution in [0.25, 0.3) is 0 Å². The molecule has 0 aliphatic heterocycles. The fourth-order valence-corrected chi connectivity index (χ4v) is 2.96. The largest absolute Gasteiger partial charge is 0.491 e. The predicted octanol–water partition coefficient (Wildman–Crippen LogP) is 2.35. The Balaban J connectivity index is 2.19. The van der Waals surface area contributed by atoms with Crippen LogP contribution in [0.4, 0.5) is 10.1 Å². The number of methoxy groups -OCH3 is 1. The number of hydrogen-bond acceptors (Lipinski definition) is 5. The number of ether oxygens (including phenoxy) is 2. The zero-order valence-corrected chi connectivity index (χ0v) is 14.0. The molecule has 134 valence electrons. The lowest BCUT2D eigenvalue weighted by Gasteiger charge is -2.11. The highest BCUT2D eigenvalue weighted by molar-refractivity contribution is 7.92. The van der Waals surface area contributed by atoms with E-state index in [0.29, 0.717) is 19.0 Å². The molecule has 0 heterocycles. The minimum absolute atomic E-state index is 0.119. The van der Waals surface area contributed by atoms with Gasteiger partial charge < -0.3 is 14.6 Å². The smallest absolute Gasteiger partial charge is 0.335 e. The molecule has 0 saturated heterocycles. The number of aromatic carboxylic acids is 1. The lowest BCUT2D eigenvalue weighted by atomic mass is 10.2. The van der Waals surface area contributed by atoms with Crippen LogP contribution in [0.5, 0.6) is 5.75 Å². The molecular formula is C16H16FNO6S. The number of benzene rings is 2. The van der Waals surface area contributed by atoms with Crippen molar-refractivity contribution in [3.63, 3.8) is 0 Å². The molecule has 0 saturated carbocycles. The van der Waals surface area contributed by atoms with Crippen LogP contribution in [0.15, 0.2) is 47.4 Å². The molecule has 0 atom stereocenters. The molecule has 2 rings (SSSR count). The standard InChI is InChI=1S/C16H16FNO6S/c1-23-8-9-24-12-3-5-13(6-4-12)25(21,22)18-15-10-11(16(19)20)2-7-14(15)17/h2-7,10,18H,8-9H2,1H3,(H,19,20). The van der Waals surface area contributed by atoms with Crippen molar-refractivity contribution in [1.82, 2.24) is 0 Å². The number of hydrogen-bond donors (Lipinski definition) is 2. The summed E-state index contributed by atoms with van der Waals surface area (Å²) in [6.07, 6.45) is 0. The Labute approximate surface area is 144 Å². The summed E-state index contributed by atoms with van der Waals surface area (Å²) in [7, 11) is -2.55. The molecule has 0 amide bonds. The minimum atomic E-state index is -4.08. The van der Waals surface area contributed by atoms with Crippen molar-refractivity contribution in [3.8, 4) is 5.75 Å². The molecule has 0 aliphatic carbocycles. The Morgan fingerprint density at radius 3 is 2.44 bits per heavy atom. The van der Waals surface area contributed by atoms with Crippen molar-refractivity contribution in [2.45, 2.75) is 4.90 Å². The van der Waals surface area contributed by atoms with E-state index in [0.717, 1.165) is 18.2 Å². The third-order valence-corrected chi connectivity index (χ3v) is 4.53. The summed E-state index contributed by atoms with van der Waals surface area (Å²) in [5.41, 5.74) is -0.679. The highest BCUT2D eigenvalue weighted by atomic mass is 32.2. The van der Waals surface area contributed by atoms with Crippen LogP contribution in [0.3, 0.4) is 0 Å². The van der Waals surface area contributed by atoms with E-state index in [9.17, 15) is 17.6 Å². The number of halogens is 1. The highest BCUT2D eigenvalue weighted by Gasteiger charge is 2.18. The Kier molecular flexibility index (Phi) is 5.94. The predicted molar refractivity (Wildman–Crippen MR) is 88.0 cm³/mol. The molecule has 9 heteroatoms. The normalized spacial score (nSPS) is 11.1. The summed E-state index contributed by atoms with van der Waals surface area (Å²) in [6.45, 7) is 0.703. The Morgan fingerprint density at radius 1 is 1.16 bits per heavy atom. The lowest BCUT2D eigenvalue weighted by Crippen LogP contribution is -2.14. The molecule has 0 bridgehead atoms. The van der Waals surface area contributed by atoms with Crippen LogP contribution in [-0.4, -0.2) is 39.8 Å². The van der Waals surface area contributed by atoms with Crippen LogP contribution < -0.4 is 9.46 Å². The van der Waals surface area contributed by atoms with E-state index in [1.54, 1.807) is 0 Å². The van der Waals surface area contributed by atoms with E-state index in [1.165, 1.54) is 31.4 Å². The molecule has 0 aromatic heterocycles. The molecule has 0 aliphatic rings. The van der Waals surface area contributed by atoms with E-state index >= 15 is 0 Å². The van der Waals surface area contributed by atoms with Crippen molar-refractivity contribution >= 4 is 21.7 Å². The van der Waals surface area contributed by atoms with Gasteiger partial charge in [-0.2, -0.15) is 0 Å². The maximum absolute atomic E-state index is 13.8. The van der Waals surface area contributed by atoms with Gasteiger partial charge in [-0.15, -0.1) is 0 Å². The molecule has 2 N–H and O–H groups in total. The SMILES string of the molecule is COCCOc1ccc(S(=O)(=O)Nc2cc(C(=O)O)ccc2F)cc1. The van der Waals surface area contributed by atoms with Gasteiger partial charge in [-0.1, -0.05) is 0 Å². The molecule has 0 fully saturated rings. The Morgan fingerprint density at radius 2 is 1.84 bits per heavy atom. The third kappa shape index (κ3) is 4.91. The number of sulfonamides is 1. The van der Waals surface area contributed by atoms with Gasteiger partial charge in [0.1, 0.15) is 18.2 Å². The van der Waals surface area contributed by atoms with Crippen LogP contribution in [-0.2, 0) is 14.8 Å². The van der Waals surface area contributed by atoms with Crippen LogP contribution in [0.2, 0.25) is 0 Å². The van der Waals surface area contributed by atoms with Gasteiger partial charge in [-0.3, -0.25) is 4.72 Å². The number of carboxylic acid groups (broad SMARTS) is 1. The first kappa shape index (κ1) is 18.7. The summed E-state index contributed by atoms with van der Waals surface area (Å²) in [4.78, 5) is 10.8. The highest BCUT2D eigenvalue weighted by Crippen LogP contribution is 2.22. The first-order valence-electron chi connectivity index (χ1n) is 7.11. The molecule has 0 radical (unpaired) electrons. The summed E-state index contributed by atoms with van der Waals surface area (Å²) >= 11 is 0. The van der Waals surface area contributed by atoms with Crippen molar-refractivity contribution < 1.29 is 32.2 Å². The summed E-state index contributed by atoms with van der Waals surface area (Å²) in [5, 5.41) is 8.91. The van der Waals surface area contributed by atoms with Gasteiger partial charge in [0.2, 0.25) is 0 Å². The molecule has 0 spiro atoms. The maximum atomic E-state index is 13.8. The summed E-state index contributed by atoms with van der Waals surface area (Å²) in [5.74, 6) is -1.72. The van der Waals surface area contributed by atoms with Crippen LogP contribution in [0, 0.1) is 5.82 Å². The van der Waals surface area contributed by atoms with Gasteiger partial charge >= 0.3 is 5.97 Å². The third-order valence-electron chi connectivity index (χ3n) is 3.15. The summed E-state index contributed by atoms with van der Waals surface area (Å²) < 4.78 is 50.6. The average molecular weight is 369 g/mol. The van der Waals surface area contributed by atoms with E-state index in [-0.39, 0.29) is 10.5 Å². The average Bonchev–Trinajstić information content (AvgIpc) is 2.57. The number of carbonyl (C=O) groups is 1. The van der Waals surface area contributed by atoms with Gasteiger partial charge in [0, 0.05) is 7.11 Å². The van der Waals surface area contributed by atoms with Crippen molar-refractivity contribution in [1.29, 1.82) is 0 Å². The number of nitrogens with one attached hydrogen (secondary N) is 1. The van der Waals surface area contributed by atoms with Crippen molar-refractivity contribution in [2.75, 3.05) is 25.0 Å². The molecule has 7 nitrogen and oxygen atoms in total. The van der Waals surface area contributed by atoms with E-state index in [4.69, 9.17) is 14.6 Å².